The molecule has 28 heavy (non-hydrogen) atoms. The van der Waals surface area contributed by atoms with Crippen molar-refractivity contribution < 1.29 is 4.79 Å². The average molecular weight is 414 g/mol. The summed E-state index contributed by atoms with van der Waals surface area (Å²) in [6, 6.07) is 7.93. The van der Waals surface area contributed by atoms with Gasteiger partial charge in [-0.15, -0.1) is 11.3 Å². The number of aryl methyl sites for hydroxylation is 3. The number of carbonyl (C=O) groups is 1. The third kappa shape index (κ3) is 3.86. The van der Waals surface area contributed by atoms with Crippen LogP contribution in [0.5, 0.6) is 0 Å². The lowest BCUT2D eigenvalue weighted by atomic mass is 10.2. The maximum Gasteiger partial charge on any atom is 0.259 e. The standard InChI is InChI=1S/C21H23N3O2S2/c1-13-6-8-14(9-7-13)24(2)18(25)10-11-27-12-17-22-20(26)19-15-4-3-5-16(15)28-21(19)23-17/h6-9H,3-5,10-12H2,1-2H3,(H,22,23,26). The van der Waals surface area contributed by atoms with Gasteiger partial charge in [0.2, 0.25) is 5.91 Å². The molecular weight excluding hydrogens is 390 g/mol. The number of fused-ring (bicyclic) bond motifs is 3. The van der Waals surface area contributed by atoms with Crippen LogP contribution >= 0.6 is 23.1 Å². The minimum absolute atomic E-state index is 0.0184. The Labute approximate surface area is 172 Å². The number of benzene rings is 1. The number of thiophene rings is 1. The van der Waals surface area contributed by atoms with E-state index in [2.05, 4.69) is 9.97 Å². The molecule has 0 saturated carbocycles. The molecule has 146 valence electrons. The van der Waals surface area contributed by atoms with Crippen LogP contribution in [0.2, 0.25) is 0 Å². The zero-order valence-corrected chi connectivity index (χ0v) is 17.7. The lowest BCUT2D eigenvalue weighted by Crippen LogP contribution is -2.26. The first kappa shape index (κ1) is 19.2. The van der Waals surface area contributed by atoms with Gasteiger partial charge in [-0.05, 0) is 43.9 Å². The normalized spacial score (nSPS) is 13.1. The fourth-order valence-corrected chi connectivity index (χ4v) is 5.60. The number of amides is 1. The highest BCUT2D eigenvalue weighted by Crippen LogP contribution is 2.34. The van der Waals surface area contributed by atoms with Crippen LogP contribution in [0.4, 0.5) is 5.69 Å². The fraction of sp³-hybridized carbons (Fsp3) is 0.381. The molecule has 0 unspecified atom stereocenters. The predicted molar refractivity (Wildman–Crippen MR) is 118 cm³/mol. The molecule has 1 aromatic carbocycles. The SMILES string of the molecule is Cc1ccc(N(C)C(=O)CCSCc2nc3sc4c(c3c(=O)[nH]2)CCC4)cc1. The summed E-state index contributed by atoms with van der Waals surface area (Å²) in [5.74, 6) is 2.08. The Hall–Kier alpha value is -2.12. The Kier molecular flexibility index (Phi) is 5.55. The van der Waals surface area contributed by atoms with Crippen LogP contribution in [0.25, 0.3) is 10.2 Å². The van der Waals surface area contributed by atoms with Gasteiger partial charge in [-0.25, -0.2) is 4.98 Å². The van der Waals surface area contributed by atoms with Gasteiger partial charge in [0.15, 0.2) is 0 Å². The number of nitrogens with zero attached hydrogens (tertiary/aromatic N) is 2. The molecule has 2 aromatic heterocycles. The predicted octanol–water partition coefficient (Wildman–Crippen LogP) is 4.07. The highest BCUT2D eigenvalue weighted by Gasteiger charge is 2.21. The van der Waals surface area contributed by atoms with Gasteiger partial charge in [-0.3, -0.25) is 9.59 Å². The average Bonchev–Trinajstić information content (AvgIpc) is 3.26. The van der Waals surface area contributed by atoms with Crippen molar-refractivity contribution in [3.63, 3.8) is 0 Å². The first-order chi connectivity index (χ1) is 13.5. The van der Waals surface area contributed by atoms with Crippen LogP contribution < -0.4 is 10.5 Å². The van der Waals surface area contributed by atoms with E-state index in [9.17, 15) is 9.59 Å². The first-order valence-corrected chi connectivity index (χ1v) is 11.4. The molecule has 4 rings (SSSR count). The molecule has 1 N–H and O–H groups in total. The van der Waals surface area contributed by atoms with E-state index in [0.29, 0.717) is 23.8 Å². The molecule has 0 bridgehead atoms. The Balaban J connectivity index is 1.33. The highest BCUT2D eigenvalue weighted by atomic mass is 32.2. The zero-order chi connectivity index (χ0) is 19.7. The quantitative estimate of drug-likeness (QED) is 0.619. The fourth-order valence-electron chi connectivity index (χ4n) is 3.52. The van der Waals surface area contributed by atoms with Gasteiger partial charge in [-0.2, -0.15) is 11.8 Å². The van der Waals surface area contributed by atoms with Crippen molar-refractivity contribution in [2.24, 2.45) is 0 Å². The summed E-state index contributed by atoms with van der Waals surface area (Å²) in [6.45, 7) is 2.03. The molecule has 0 atom stereocenters. The van der Waals surface area contributed by atoms with E-state index in [1.807, 2.05) is 31.2 Å². The van der Waals surface area contributed by atoms with Crippen molar-refractivity contribution >= 4 is 44.9 Å². The summed E-state index contributed by atoms with van der Waals surface area (Å²) in [5.41, 5.74) is 3.27. The number of aromatic nitrogens is 2. The van der Waals surface area contributed by atoms with Crippen LogP contribution in [0.1, 0.15) is 34.7 Å². The molecule has 0 radical (unpaired) electrons. The van der Waals surface area contributed by atoms with Gasteiger partial charge in [0.05, 0.1) is 11.1 Å². The molecule has 0 saturated heterocycles. The van der Waals surface area contributed by atoms with E-state index >= 15 is 0 Å². The second kappa shape index (κ2) is 8.09. The molecule has 5 nitrogen and oxygen atoms in total. The first-order valence-electron chi connectivity index (χ1n) is 9.47. The number of nitrogens with one attached hydrogen (secondary N) is 1. The number of hydrogen-bond donors (Lipinski definition) is 1. The summed E-state index contributed by atoms with van der Waals surface area (Å²) < 4.78 is 0. The van der Waals surface area contributed by atoms with Crippen LogP contribution in [0.15, 0.2) is 29.1 Å². The van der Waals surface area contributed by atoms with Crippen molar-refractivity contribution in [1.29, 1.82) is 0 Å². The van der Waals surface area contributed by atoms with Gasteiger partial charge < -0.3 is 9.88 Å². The molecular formula is C21H23N3O2S2. The lowest BCUT2D eigenvalue weighted by molar-refractivity contribution is -0.117. The molecule has 1 aliphatic carbocycles. The van der Waals surface area contributed by atoms with Gasteiger partial charge in [0.1, 0.15) is 10.7 Å². The topological polar surface area (TPSA) is 66.1 Å². The largest absolute Gasteiger partial charge is 0.315 e. The van der Waals surface area contributed by atoms with Gasteiger partial charge in [0, 0.05) is 29.8 Å². The molecule has 3 aromatic rings. The lowest BCUT2D eigenvalue weighted by Gasteiger charge is -2.17. The number of anilines is 1. The molecule has 0 spiro atoms. The number of aromatic amines is 1. The minimum Gasteiger partial charge on any atom is -0.315 e. The summed E-state index contributed by atoms with van der Waals surface area (Å²) in [5, 5.41) is 0.793. The Morgan fingerprint density at radius 3 is 2.86 bits per heavy atom. The second-order valence-corrected chi connectivity index (χ2v) is 9.33. The Morgan fingerprint density at radius 1 is 1.29 bits per heavy atom. The van der Waals surface area contributed by atoms with Crippen molar-refractivity contribution in [2.45, 2.75) is 38.4 Å². The summed E-state index contributed by atoms with van der Waals surface area (Å²) in [6.07, 6.45) is 3.65. The van der Waals surface area contributed by atoms with Crippen LogP contribution in [-0.2, 0) is 23.4 Å². The van der Waals surface area contributed by atoms with Crippen molar-refractivity contribution in [3.8, 4) is 0 Å². The third-order valence-corrected chi connectivity index (χ3v) is 7.27. The van der Waals surface area contributed by atoms with Crippen LogP contribution in [0, 0.1) is 6.92 Å². The van der Waals surface area contributed by atoms with E-state index in [-0.39, 0.29) is 11.5 Å². The van der Waals surface area contributed by atoms with Crippen LogP contribution in [-0.4, -0.2) is 28.7 Å². The van der Waals surface area contributed by atoms with Crippen LogP contribution in [0.3, 0.4) is 0 Å². The number of thioether (sulfide) groups is 1. The number of H-pyrrole nitrogens is 1. The molecule has 1 aliphatic rings. The number of hydrogen-bond acceptors (Lipinski definition) is 5. The van der Waals surface area contributed by atoms with Crippen molar-refractivity contribution in [1.82, 2.24) is 9.97 Å². The molecule has 1 amide bonds. The Bertz CT molecular complexity index is 1070. The zero-order valence-electron chi connectivity index (χ0n) is 16.1. The van der Waals surface area contributed by atoms with E-state index in [0.717, 1.165) is 35.2 Å². The maximum absolute atomic E-state index is 12.5. The monoisotopic (exact) mass is 413 g/mol. The number of rotatable bonds is 6. The van der Waals surface area contributed by atoms with Crippen molar-refractivity contribution in [2.75, 3.05) is 17.7 Å². The van der Waals surface area contributed by atoms with Gasteiger partial charge in [-0.1, -0.05) is 17.7 Å². The third-order valence-electron chi connectivity index (χ3n) is 5.12. The van der Waals surface area contributed by atoms with E-state index in [1.165, 1.54) is 16.0 Å². The summed E-state index contributed by atoms with van der Waals surface area (Å²) in [7, 11) is 1.81. The second-order valence-electron chi connectivity index (χ2n) is 7.14. The molecule has 0 aliphatic heterocycles. The molecule has 0 fully saturated rings. The van der Waals surface area contributed by atoms with E-state index < -0.39 is 0 Å². The smallest absolute Gasteiger partial charge is 0.259 e. The number of carbonyl (C=O) groups excluding carboxylic acids is 1. The maximum atomic E-state index is 12.5. The van der Waals surface area contributed by atoms with E-state index in [1.54, 1.807) is 35.0 Å². The van der Waals surface area contributed by atoms with Gasteiger partial charge >= 0.3 is 0 Å². The molecule has 2 heterocycles. The Morgan fingerprint density at radius 2 is 2.07 bits per heavy atom. The van der Waals surface area contributed by atoms with Gasteiger partial charge in [0.25, 0.3) is 5.56 Å². The van der Waals surface area contributed by atoms with E-state index in [4.69, 9.17) is 0 Å². The highest BCUT2D eigenvalue weighted by molar-refractivity contribution is 7.98. The minimum atomic E-state index is -0.0184. The summed E-state index contributed by atoms with van der Waals surface area (Å²) in [4.78, 5) is 36.3. The summed E-state index contributed by atoms with van der Waals surface area (Å²) >= 11 is 3.28. The van der Waals surface area contributed by atoms with Crippen molar-refractivity contribution in [3.05, 3.63) is 56.4 Å². The molecule has 7 heteroatoms.